The summed E-state index contributed by atoms with van der Waals surface area (Å²) in [5.74, 6) is 0.422. The molecule has 0 aromatic carbocycles. The smallest absolute Gasteiger partial charge is 0.410 e. The molecule has 0 aliphatic carbocycles. The highest BCUT2D eigenvalue weighted by Crippen LogP contribution is 2.22. The Balaban J connectivity index is 2.46. The summed E-state index contributed by atoms with van der Waals surface area (Å²) in [4.78, 5) is 13.8. The van der Waals surface area contributed by atoms with E-state index in [1.165, 1.54) is 0 Å². The predicted molar refractivity (Wildman–Crippen MR) is 79.8 cm³/mol. The SMILES string of the molecule is CNC(COC(C)C)C1CCN(C(=O)OC(C)(C)C)C1. The summed E-state index contributed by atoms with van der Waals surface area (Å²) in [5.41, 5.74) is -0.432. The van der Waals surface area contributed by atoms with Crippen LogP contribution in [-0.4, -0.2) is 55.5 Å². The van der Waals surface area contributed by atoms with E-state index in [1.807, 2.05) is 41.7 Å². The maximum atomic E-state index is 12.0. The van der Waals surface area contributed by atoms with Crippen LogP contribution in [0.15, 0.2) is 0 Å². The molecule has 0 saturated carbocycles. The number of carbonyl (C=O) groups excluding carboxylic acids is 1. The fourth-order valence-electron chi connectivity index (χ4n) is 2.36. The lowest BCUT2D eigenvalue weighted by Crippen LogP contribution is -2.41. The number of rotatable bonds is 5. The lowest BCUT2D eigenvalue weighted by molar-refractivity contribution is 0.0264. The minimum atomic E-state index is -0.432. The van der Waals surface area contributed by atoms with Crippen LogP contribution >= 0.6 is 0 Å². The van der Waals surface area contributed by atoms with E-state index in [9.17, 15) is 4.79 Å². The quantitative estimate of drug-likeness (QED) is 0.842. The van der Waals surface area contributed by atoms with Gasteiger partial charge in [0.05, 0.1) is 12.7 Å². The van der Waals surface area contributed by atoms with Gasteiger partial charge < -0.3 is 19.7 Å². The van der Waals surface area contributed by atoms with Crippen molar-refractivity contribution in [1.82, 2.24) is 10.2 Å². The van der Waals surface area contributed by atoms with Crippen molar-refractivity contribution >= 4 is 6.09 Å². The number of amides is 1. The van der Waals surface area contributed by atoms with Crippen molar-refractivity contribution in [3.05, 3.63) is 0 Å². The predicted octanol–water partition coefficient (Wildman–Crippen LogP) is 2.26. The molecule has 0 radical (unpaired) electrons. The van der Waals surface area contributed by atoms with Crippen LogP contribution in [0.2, 0.25) is 0 Å². The average Bonchev–Trinajstić information content (AvgIpc) is 2.76. The lowest BCUT2D eigenvalue weighted by Gasteiger charge is -2.26. The van der Waals surface area contributed by atoms with E-state index in [2.05, 4.69) is 5.32 Å². The van der Waals surface area contributed by atoms with Crippen LogP contribution in [0.25, 0.3) is 0 Å². The molecule has 0 aromatic rings. The number of hydrogen-bond donors (Lipinski definition) is 1. The first-order valence-corrected chi connectivity index (χ1v) is 7.49. The van der Waals surface area contributed by atoms with Crippen LogP contribution in [0.5, 0.6) is 0 Å². The molecule has 118 valence electrons. The van der Waals surface area contributed by atoms with Crippen LogP contribution in [0.4, 0.5) is 4.79 Å². The van der Waals surface area contributed by atoms with Crippen molar-refractivity contribution in [3.8, 4) is 0 Å². The molecule has 1 aliphatic rings. The molecule has 1 rings (SSSR count). The Morgan fingerprint density at radius 2 is 2.05 bits per heavy atom. The Bertz CT molecular complexity index is 313. The lowest BCUT2D eigenvalue weighted by atomic mass is 10.00. The second-order valence-electron chi connectivity index (χ2n) is 6.75. The van der Waals surface area contributed by atoms with E-state index < -0.39 is 5.60 Å². The molecule has 5 nitrogen and oxygen atoms in total. The Hall–Kier alpha value is -0.810. The molecule has 0 spiro atoms. The van der Waals surface area contributed by atoms with Crippen LogP contribution in [0, 0.1) is 5.92 Å². The molecule has 1 aliphatic heterocycles. The van der Waals surface area contributed by atoms with Crippen LogP contribution in [-0.2, 0) is 9.47 Å². The van der Waals surface area contributed by atoms with Gasteiger partial charge >= 0.3 is 6.09 Å². The van der Waals surface area contributed by atoms with Gasteiger partial charge in [-0.05, 0) is 54.0 Å². The minimum absolute atomic E-state index is 0.209. The molecule has 2 atom stereocenters. The van der Waals surface area contributed by atoms with E-state index in [-0.39, 0.29) is 18.2 Å². The number of likely N-dealkylation sites (tertiary alicyclic amines) is 1. The third-order valence-corrected chi connectivity index (χ3v) is 3.43. The first kappa shape index (κ1) is 17.2. The van der Waals surface area contributed by atoms with Gasteiger partial charge in [0, 0.05) is 19.1 Å². The summed E-state index contributed by atoms with van der Waals surface area (Å²) in [6, 6.07) is 0.282. The Morgan fingerprint density at radius 3 is 2.55 bits per heavy atom. The van der Waals surface area contributed by atoms with Gasteiger partial charge in [-0.3, -0.25) is 0 Å². The normalized spacial score (nSPS) is 21.4. The van der Waals surface area contributed by atoms with E-state index >= 15 is 0 Å². The van der Waals surface area contributed by atoms with Gasteiger partial charge in [-0.2, -0.15) is 0 Å². The Kier molecular flexibility index (Phi) is 6.27. The topological polar surface area (TPSA) is 50.8 Å². The van der Waals surface area contributed by atoms with E-state index in [4.69, 9.17) is 9.47 Å². The Morgan fingerprint density at radius 1 is 1.40 bits per heavy atom. The summed E-state index contributed by atoms with van der Waals surface area (Å²) >= 11 is 0. The second kappa shape index (κ2) is 7.27. The van der Waals surface area contributed by atoms with E-state index in [1.54, 1.807) is 4.90 Å². The zero-order valence-corrected chi connectivity index (χ0v) is 13.7. The number of nitrogens with zero attached hydrogens (tertiary/aromatic N) is 1. The van der Waals surface area contributed by atoms with Crippen molar-refractivity contribution < 1.29 is 14.3 Å². The van der Waals surface area contributed by atoms with Crippen LogP contribution in [0.3, 0.4) is 0 Å². The zero-order valence-electron chi connectivity index (χ0n) is 13.7. The van der Waals surface area contributed by atoms with Crippen molar-refractivity contribution in [1.29, 1.82) is 0 Å². The number of carbonyl (C=O) groups is 1. The van der Waals surface area contributed by atoms with Crippen molar-refractivity contribution in [2.45, 2.75) is 58.8 Å². The largest absolute Gasteiger partial charge is 0.444 e. The maximum absolute atomic E-state index is 12.0. The van der Waals surface area contributed by atoms with Gasteiger partial charge in [0.25, 0.3) is 0 Å². The zero-order chi connectivity index (χ0) is 15.3. The van der Waals surface area contributed by atoms with Crippen molar-refractivity contribution in [3.63, 3.8) is 0 Å². The molecular formula is C15H30N2O3. The summed E-state index contributed by atoms with van der Waals surface area (Å²) < 4.78 is 11.1. The summed E-state index contributed by atoms with van der Waals surface area (Å²) in [5, 5.41) is 3.30. The molecule has 0 aromatic heterocycles. The number of likely N-dealkylation sites (N-methyl/N-ethyl adjacent to an activating group) is 1. The van der Waals surface area contributed by atoms with Crippen molar-refractivity contribution in [2.75, 3.05) is 26.7 Å². The molecule has 1 fully saturated rings. The van der Waals surface area contributed by atoms with Gasteiger partial charge in [0.2, 0.25) is 0 Å². The molecule has 2 unspecified atom stereocenters. The molecule has 1 N–H and O–H groups in total. The number of ether oxygens (including phenoxy) is 2. The molecular weight excluding hydrogens is 256 g/mol. The van der Waals surface area contributed by atoms with Gasteiger partial charge in [-0.15, -0.1) is 0 Å². The van der Waals surface area contributed by atoms with E-state index in [0.29, 0.717) is 12.5 Å². The highest BCUT2D eigenvalue weighted by atomic mass is 16.6. The minimum Gasteiger partial charge on any atom is -0.444 e. The summed E-state index contributed by atoms with van der Waals surface area (Å²) in [7, 11) is 1.95. The van der Waals surface area contributed by atoms with Crippen LogP contribution in [0.1, 0.15) is 41.0 Å². The third-order valence-electron chi connectivity index (χ3n) is 3.43. The first-order chi connectivity index (χ1) is 9.23. The van der Waals surface area contributed by atoms with Gasteiger partial charge in [0.1, 0.15) is 5.60 Å². The third kappa shape index (κ3) is 5.67. The molecule has 5 heteroatoms. The number of nitrogens with one attached hydrogen (secondary N) is 1. The van der Waals surface area contributed by atoms with Gasteiger partial charge in [-0.1, -0.05) is 0 Å². The second-order valence-corrected chi connectivity index (χ2v) is 6.75. The highest BCUT2D eigenvalue weighted by molar-refractivity contribution is 5.68. The van der Waals surface area contributed by atoms with Gasteiger partial charge in [0.15, 0.2) is 0 Å². The first-order valence-electron chi connectivity index (χ1n) is 7.49. The number of hydrogen-bond acceptors (Lipinski definition) is 4. The molecule has 1 heterocycles. The molecule has 20 heavy (non-hydrogen) atoms. The molecule has 1 saturated heterocycles. The molecule has 0 bridgehead atoms. The average molecular weight is 286 g/mol. The maximum Gasteiger partial charge on any atom is 0.410 e. The van der Waals surface area contributed by atoms with Crippen molar-refractivity contribution in [2.24, 2.45) is 5.92 Å². The van der Waals surface area contributed by atoms with E-state index in [0.717, 1.165) is 19.5 Å². The highest BCUT2D eigenvalue weighted by Gasteiger charge is 2.33. The van der Waals surface area contributed by atoms with Gasteiger partial charge in [-0.25, -0.2) is 4.79 Å². The fourth-order valence-corrected chi connectivity index (χ4v) is 2.36. The summed E-state index contributed by atoms with van der Waals surface area (Å²) in [6.07, 6.45) is 1.01. The summed E-state index contributed by atoms with van der Waals surface area (Å²) in [6.45, 7) is 11.9. The standard InChI is InChI=1S/C15H30N2O3/c1-11(2)19-10-13(16-6)12-7-8-17(9-12)14(18)20-15(3,4)5/h11-13,16H,7-10H2,1-6H3. The fraction of sp³-hybridized carbons (Fsp3) is 0.933. The van der Waals surface area contributed by atoms with Crippen LogP contribution < -0.4 is 5.32 Å². The monoisotopic (exact) mass is 286 g/mol. The Labute approximate surface area is 123 Å². The molecule has 1 amide bonds.